The summed E-state index contributed by atoms with van der Waals surface area (Å²) in [7, 11) is 0. The molecule has 0 radical (unpaired) electrons. The Morgan fingerprint density at radius 3 is 2.67 bits per heavy atom. The number of hydrogen-bond donors (Lipinski definition) is 1. The van der Waals surface area contributed by atoms with Gasteiger partial charge in [0.15, 0.2) is 11.2 Å². The number of aromatic nitrogens is 1. The van der Waals surface area contributed by atoms with Crippen LogP contribution in [-0.4, -0.2) is 29.6 Å². The predicted molar refractivity (Wildman–Crippen MR) is 106 cm³/mol. The number of rotatable bonds is 6. The van der Waals surface area contributed by atoms with Crippen LogP contribution < -0.4 is 10.1 Å². The number of benzene rings is 2. The van der Waals surface area contributed by atoms with Crippen LogP contribution in [-0.2, 0) is 9.53 Å². The first-order chi connectivity index (χ1) is 13.0. The van der Waals surface area contributed by atoms with E-state index in [2.05, 4.69) is 10.3 Å². The molecule has 1 N–H and O–H groups in total. The molecule has 0 saturated carbocycles. The lowest BCUT2D eigenvalue weighted by Gasteiger charge is -2.13. The number of fused-ring (bicyclic) bond motifs is 1. The zero-order valence-electron chi connectivity index (χ0n) is 14.7. The van der Waals surface area contributed by atoms with Crippen LogP contribution in [0.3, 0.4) is 0 Å². The van der Waals surface area contributed by atoms with Crippen molar-refractivity contribution in [3.05, 3.63) is 53.1 Å². The van der Waals surface area contributed by atoms with E-state index < -0.39 is 6.10 Å². The molecule has 1 aromatic heterocycles. The Bertz CT molecular complexity index is 972. The summed E-state index contributed by atoms with van der Waals surface area (Å²) in [5, 5.41) is 3.76. The molecule has 3 aromatic rings. The second kappa shape index (κ2) is 8.37. The lowest BCUT2D eigenvalue weighted by atomic mass is 10.2. The first-order valence-electron chi connectivity index (χ1n) is 8.27. The Kier molecular flexibility index (Phi) is 5.93. The van der Waals surface area contributed by atoms with Crippen LogP contribution in [0, 0.1) is 0 Å². The van der Waals surface area contributed by atoms with E-state index in [1.165, 1.54) is 11.3 Å². The second-order valence-corrected chi connectivity index (χ2v) is 7.09. The zero-order chi connectivity index (χ0) is 19.4. The molecule has 1 amide bonds. The van der Waals surface area contributed by atoms with Gasteiger partial charge in [-0.2, -0.15) is 0 Å². The highest BCUT2D eigenvalue weighted by Crippen LogP contribution is 2.27. The lowest BCUT2D eigenvalue weighted by Crippen LogP contribution is -2.30. The molecule has 0 saturated heterocycles. The van der Waals surface area contributed by atoms with Crippen molar-refractivity contribution < 1.29 is 19.1 Å². The average molecular weight is 405 g/mol. The molecule has 8 heteroatoms. The van der Waals surface area contributed by atoms with Crippen molar-refractivity contribution in [3.63, 3.8) is 0 Å². The van der Waals surface area contributed by atoms with Gasteiger partial charge in [-0.15, -0.1) is 0 Å². The van der Waals surface area contributed by atoms with Crippen LogP contribution in [0.15, 0.2) is 42.5 Å². The number of amides is 1. The molecule has 0 aliphatic rings. The molecular formula is C19H17ClN2O4S. The number of esters is 1. The van der Waals surface area contributed by atoms with Crippen LogP contribution in [0.4, 0.5) is 5.13 Å². The number of halogens is 1. The maximum absolute atomic E-state index is 12.4. The van der Waals surface area contributed by atoms with E-state index in [0.717, 1.165) is 4.70 Å². The van der Waals surface area contributed by atoms with Crippen molar-refractivity contribution >= 4 is 50.2 Å². The minimum Gasteiger partial charge on any atom is -0.481 e. The third-order valence-electron chi connectivity index (χ3n) is 3.63. The Balaban J connectivity index is 1.68. The van der Waals surface area contributed by atoms with E-state index in [4.69, 9.17) is 21.1 Å². The van der Waals surface area contributed by atoms with Crippen molar-refractivity contribution in [1.82, 2.24) is 4.98 Å². The van der Waals surface area contributed by atoms with E-state index in [1.807, 2.05) is 0 Å². The van der Waals surface area contributed by atoms with E-state index in [9.17, 15) is 9.59 Å². The van der Waals surface area contributed by atoms with E-state index in [1.54, 1.807) is 56.3 Å². The summed E-state index contributed by atoms with van der Waals surface area (Å²) >= 11 is 7.11. The highest BCUT2D eigenvalue weighted by molar-refractivity contribution is 7.22. The van der Waals surface area contributed by atoms with Crippen LogP contribution in [0.1, 0.15) is 24.2 Å². The second-order valence-electron chi connectivity index (χ2n) is 5.63. The summed E-state index contributed by atoms with van der Waals surface area (Å²) < 4.78 is 11.4. The number of nitrogens with zero attached hydrogens (tertiary/aromatic N) is 1. The largest absolute Gasteiger partial charge is 0.481 e. The number of nitrogens with one attached hydrogen (secondary N) is 1. The van der Waals surface area contributed by atoms with Crippen molar-refractivity contribution in [2.75, 3.05) is 11.9 Å². The minimum absolute atomic E-state index is 0.312. The van der Waals surface area contributed by atoms with E-state index in [-0.39, 0.29) is 11.9 Å². The molecule has 0 aliphatic heterocycles. The number of carbonyl (C=O) groups is 2. The van der Waals surface area contributed by atoms with Gasteiger partial charge in [-0.1, -0.05) is 22.9 Å². The number of thiazole rings is 1. The standard InChI is InChI=1S/C19H17ClN2O4S/c1-3-25-18(24)12-4-9-15-16(10-12)27-19(21-15)22-17(23)11(2)26-14-7-5-13(20)6-8-14/h4-11H,3H2,1-2H3,(H,21,22,23). The molecule has 0 fully saturated rings. The molecule has 27 heavy (non-hydrogen) atoms. The number of hydrogen-bond acceptors (Lipinski definition) is 6. The molecule has 1 heterocycles. The van der Waals surface area contributed by atoms with Crippen LogP contribution >= 0.6 is 22.9 Å². The third-order valence-corrected chi connectivity index (χ3v) is 4.81. The number of carbonyl (C=O) groups excluding carboxylic acids is 2. The Hall–Kier alpha value is -2.64. The maximum Gasteiger partial charge on any atom is 0.338 e. The third kappa shape index (κ3) is 4.75. The predicted octanol–water partition coefficient (Wildman–Crippen LogP) is 4.53. The summed E-state index contributed by atoms with van der Waals surface area (Å²) in [5.41, 5.74) is 1.14. The van der Waals surface area contributed by atoms with Crippen LogP contribution in [0.5, 0.6) is 5.75 Å². The maximum atomic E-state index is 12.4. The fraction of sp³-hybridized carbons (Fsp3) is 0.211. The van der Waals surface area contributed by atoms with Crippen LogP contribution in [0.2, 0.25) is 5.02 Å². The molecule has 1 atom stereocenters. The summed E-state index contributed by atoms with van der Waals surface area (Å²) in [6, 6.07) is 11.8. The first kappa shape index (κ1) is 19.1. The first-order valence-corrected chi connectivity index (χ1v) is 9.46. The van der Waals surface area contributed by atoms with Crippen LogP contribution in [0.25, 0.3) is 10.2 Å². The van der Waals surface area contributed by atoms with Gasteiger partial charge in [0.1, 0.15) is 5.75 Å². The quantitative estimate of drug-likeness (QED) is 0.610. The smallest absolute Gasteiger partial charge is 0.338 e. The van der Waals surface area contributed by atoms with E-state index in [0.29, 0.717) is 33.6 Å². The lowest BCUT2D eigenvalue weighted by molar-refractivity contribution is -0.122. The van der Waals surface area contributed by atoms with Gasteiger partial charge in [0.05, 0.1) is 22.4 Å². The highest BCUT2D eigenvalue weighted by Gasteiger charge is 2.17. The van der Waals surface area contributed by atoms with Crippen molar-refractivity contribution in [2.45, 2.75) is 20.0 Å². The Labute approximate surface area is 165 Å². The molecule has 2 aromatic carbocycles. The average Bonchev–Trinajstić information content (AvgIpc) is 3.05. The molecule has 140 valence electrons. The van der Waals surface area contributed by atoms with Crippen molar-refractivity contribution in [3.8, 4) is 5.75 Å². The van der Waals surface area contributed by atoms with Crippen molar-refractivity contribution in [2.24, 2.45) is 0 Å². The normalized spacial score (nSPS) is 11.8. The molecule has 3 rings (SSSR count). The Morgan fingerprint density at radius 1 is 1.22 bits per heavy atom. The molecule has 0 bridgehead atoms. The number of ether oxygens (including phenoxy) is 2. The molecule has 6 nitrogen and oxygen atoms in total. The van der Waals surface area contributed by atoms with Gasteiger partial charge in [-0.05, 0) is 56.3 Å². The Morgan fingerprint density at radius 2 is 1.96 bits per heavy atom. The monoisotopic (exact) mass is 404 g/mol. The minimum atomic E-state index is -0.715. The molecule has 1 unspecified atom stereocenters. The van der Waals surface area contributed by atoms with Gasteiger partial charge in [-0.25, -0.2) is 9.78 Å². The summed E-state index contributed by atoms with van der Waals surface area (Å²) in [6.07, 6.45) is -0.715. The summed E-state index contributed by atoms with van der Waals surface area (Å²) in [6.45, 7) is 3.71. The molecule has 0 aliphatic carbocycles. The topological polar surface area (TPSA) is 77.5 Å². The molecular weight excluding hydrogens is 388 g/mol. The number of anilines is 1. The summed E-state index contributed by atoms with van der Waals surface area (Å²) in [5.74, 6) is -0.163. The summed E-state index contributed by atoms with van der Waals surface area (Å²) in [4.78, 5) is 28.5. The van der Waals surface area contributed by atoms with Gasteiger partial charge < -0.3 is 9.47 Å². The van der Waals surface area contributed by atoms with E-state index >= 15 is 0 Å². The van der Waals surface area contributed by atoms with Gasteiger partial charge in [-0.3, -0.25) is 10.1 Å². The molecule has 0 spiro atoms. The van der Waals surface area contributed by atoms with Gasteiger partial charge >= 0.3 is 5.97 Å². The fourth-order valence-electron chi connectivity index (χ4n) is 2.30. The van der Waals surface area contributed by atoms with Crippen molar-refractivity contribution in [1.29, 1.82) is 0 Å². The van der Waals surface area contributed by atoms with Gasteiger partial charge in [0.25, 0.3) is 5.91 Å². The fourth-order valence-corrected chi connectivity index (χ4v) is 3.33. The zero-order valence-corrected chi connectivity index (χ0v) is 16.3. The van der Waals surface area contributed by atoms with Gasteiger partial charge in [0, 0.05) is 5.02 Å². The van der Waals surface area contributed by atoms with Gasteiger partial charge in [0.2, 0.25) is 0 Å². The highest BCUT2D eigenvalue weighted by atomic mass is 35.5. The SMILES string of the molecule is CCOC(=O)c1ccc2nc(NC(=O)C(C)Oc3ccc(Cl)cc3)sc2c1.